The molecule has 82 valence electrons. The fraction of sp³-hybridized carbons (Fsp3) is 0.0909. The van der Waals surface area contributed by atoms with E-state index in [1.54, 1.807) is 0 Å². The molecule has 0 spiro atoms. The number of nitrogens with zero attached hydrogens (tertiary/aromatic N) is 2. The second kappa shape index (κ2) is 4.68. The van der Waals surface area contributed by atoms with Crippen LogP contribution in [0.2, 0.25) is 10.3 Å². The van der Waals surface area contributed by atoms with Gasteiger partial charge in [-0.25, -0.2) is 9.97 Å². The summed E-state index contributed by atoms with van der Waals surface area (Å²) in [5, 5.41) is 0.705. The van der Waals surface area contributed by atoms with Crippen molar-refractivity contribution in [2.24, 2.45) is 0 Å². The van der Waals surface area contributed by atoms with Crippen molar-refractivity contribution < 1.29 is 0 Å². The zero-order valence-corrected chi connectivity index (χ0v) is 9.83. The lowest BCUT2D eigenvalue weighted by Crippen LogP contribution is -1.97. The van der Waals surface area contributed by atoms with Crippen LogP contribution in [0.15, 0.2) is 30.3 Å². The molecule has 16 heavy (non-hydrogen) atoms. The van der Waals surface area contributed by atoms with E-state index in [0.717, 1.165) is 11.3 Å². The van der Waals surface area contributed by atoms with Gasteiger partial charge in [-0.1, -0.05) is 35.3 Å². The summed E-state index contributed by atoms with van der Waals surface area (Å²) in [6.07, 6.45) is 0.584. The van der Waals surface area contributed by atoms with Crippen LogP contribution < -0.4 is 5.73 Å². The van der Waals surface area contributed by atoms with E-state index >= 15 is 0 Å². The first-order valence-corrected chi connectivity index (χ1v) is 5.42. The standard InChI is InChI=1S/C11H9Cl2N3/c12-9-6-10(13)16-11(15-9)5-7-1-3-8(14)4-2-7/h1-4,6H,5,14H2. The largest absolute Gasteiger partial charge is 0.399 e. The van der Waals surface area contributed by atoms with Crippen LogP contribution in [-0.4, -0.2) is 9.97 Å². The number of halogens is 2. The van der Waals surface area contributed by atoms with Crippen LogP contribution in [0.5, 0.6) is 0 Å². The van der Waals surface area contributed by atoms with Crippen molar-refractivity contribution in [3.8, 4) is 0 Å². The topological polar surface area (TPSA) is 51.8 Å². The molecule has 0 unspecified atom stereocenters. The van der Waals surface area contributed by atoms with Crippen LogP contribution in [0.3, 0.4) is 0 Å². The number of nitrogens with two attached hydrogens (primary N) is 1. The minimum absolute atomic E-state index is 0.352. The maximum absolute atomic E-state index is 5.79. The SMILES string of the molecule is Nc1ccc(Cc2nc(Cl)cc(Cl)n2)cc1. The van der Waals surface area contributed by atoms with Gasteiger partial charge in [-0.05, 0) is 17.7 Å². The smallest absolute Gasteiger partial charge is 0.136 e. The summed E-state index contributed by atoms with van der Waals surface area (Å²) < 4.78 is 0. The van der Waals surface area contributed by atoms with E-state index in [2.05, 4.69) is 9.97 Å². The molecule has 0 bridgehead atoms. The Kier molecular flexibility index (Phi) is 3.27. The summed E-state index contributed by atoms with van der Waals surface area (Å²) in [5.74, 6) is 0.599. The third kappa shape index (κ3) is 2.84. The van der Waals surface area contributed by atoms with E-state index in [1.807, 2.05) is 24.3 Å². The van der Waals surface area contributed by atoms with E-state index in [4.69, 9.17) is 28.9 Å². The summed E-state index contributed by atoms with van der Waals surface area (Å²) in [4.78, 5) is 8.18. The van der Waals surface area contributed by atoms with Gasteiger partial charge in [0.05, 0.1) is 0 Å². The van der Waals surface area contributed by atoms with Gasteiger partial charge in [0.2, 0.25) is 0 Å². The van der Waals surface area contributed by atoms with Crippen molar-refractivity contribution in [3.05, 3.63) is 52.0 Å². The van der Waals surface area contributed by atoms with Crippen molar-refractivity contribution in [1.82, 2.24) is 9.97 Å². The Bertz CT molecular complexity index is 477. The van der Waals surface area contributed by atoms with Crippen molar-refractivity contribution in [1.29, 1.82) is 0 Å². The second-order valence-corrected chi connectivity index (χ2v) is 4.12. The van der Waals surface area contributed by atoms with Gasteiger partial charge in [-0.2, -0.15) is 0 Å². The first-order chi connectivity index (χ1) is 7.63. The highest BCUT2D eigenvalue weighted by molar-refractivity contribution is 6.33. The molecular formula is C11H9Cl2N3. The monoisotopic (exact) mass is 253 g/mol. The Hall–Kier alpha value is -1.32. The van der Waals surface area contributed by atoms with Gasteiger partial charge in [-0.3, -0.25) is 0 Å². The van der Waals surface area contributed by atoms with Crippen LogP contribution in [0.4, 0.5) is 5.69 Å². The van der Waals surface area contributed by atoms with Crippen molar-refractivity contribution >= 4 is 28.9 Å². The van der Waals surface area contributed by atoms with Gasteiger partial charge in [0, 0.05) is 18.2 Å². The van der Waals surface area contributed by atoms with Crippen LogP contribution in [0.1, 0.15) is 11.4 Å². The van der Waals surface area contributed by atoms with Crippen molar-refractivity contribution in [2.75, 3.05) is 5.73 Å². The molecule has 0 fully saturated rings. The summed E-state index contributed by atoms with van der Waals surface area (Å²) in [6.45, 7) is 0. The van der Waals surface area contributed by atoms with Crippen LogP contribution >= 0.6 is 23.2 Å². The molecule has 5 heteroatoms. The first-order valence-electron chi connectivity index (χ1n) is 4.67. The second-order valence-electron chi connectivity index (χ2n) is 3.35. The molecule has 1 heterocycles. The van der Waals surface area contributed by atoms with Crippen LogP contribution in [-0.2, 0) is 6.42 Å². The molecule has 1 aromatic carbocycles. The summed E-state index contributed by atoms with van der Waals surface area (Å²) in [7, 11) is 0. The highest BCUT2D eigenvalue weighted by Gasteiger charge is 2.03. The number of hydrogen-bond acceptors (Lipinski definition) is 3. The first kappa shape index (κ1) is 11.2. The molecule has 2 N–H and O–H groups in total. The van der Waals surface area contributed by atoms with E-state index in [1.165, 1.54) is 6.07 Å². The van der Waals surface area contributed by atoms with E-state index in [-0.39, 0.29) is 0 Å². The highest BCUT2D eigenvalue weighted by atomic mass is 35.5. The predicted octanol–water partition coefficient (Wildman–Crippen LogP) is 2.96. The number of anilines is 1. The van der Waals surface area contributed by atoms with Gasteiger partial charge in [0.15, 0.2) is 0 Å². The molecule has 0 radical (unpaired) electrons. The van der Waals surface area contributed by atoms with Crippen molar-refractivity contribution in [3.63, 3.8) is 0 Å². The lowest BCUT2D eigenvalue weighted by atomic mass is 10.1. The molecule has 0 aliphatic heterocycles. The average Bonchev–Trinajstić information content (AvgIpc) is 2.20. The van der Waals surface area contributed by atoms with Gasteiger partial charge >= 0.3 is 0 Å². The Morgan fingerprint density at radius 2 is 1.56 bits per heavy atom. The van der Waals surface area contributed by atoms with Crippen molar-refractivity contribution in [2.45, 2.75) is 6.42 Å². The zero-order valence-electron chi connectivity index (χ0n) is 8.32. The molecule has 3 nitrogen and oxygen atoms in total. The Labute approximate surface area is 103 Å². The highest BCUT2D eigenvalue weighted by Crippen LogP contribution is 2.14. The lowest BCUT2D eigenvalue weighted by Gasteiger charge is -2.02. The third-order valence-corrected chi connectivity index (χ3v) is 2.44. The quantitative estimate of drug-likeness (QED) is 0.662. The van der Waals surface area contributed by atoms with Gasteiger partial charge < -0.3 is 5.73 Å². The summed E-state index contributed by atoms with van der Waals surface area (Å²) in [6, 6.07) is 9.03. The normalized spacial score (nSPS) is 10.4. The van der Waals surface area contributed by atoms with Gasteiger partial charge in [-0.15, -0.1) is 0 Å². The zero-order chi connectivity index (χ0) is 11.5. The average molecular weight is 254 g/mol. The molecule has 0 amide bonds. The molecule has 0 aliphatic rings. The Balaban J connectivity index is 2.23. The molecule has 1 aromatic heterocycles. The minimum atomic E-state index is 0.352. The third-order valence-electron chi connectivity index (χ3n) is 2.05. The number of nitrogen functional groups attached to an aromatic ring is 1. The molecule has 0 saturated carbocycles. The number of hydrogen-bond donors (Lipinski definition) is 1. The number of aromatic nitrogens is 2. The van der Waals surface area contributed by atoms with E-state index in [0.29, 0.717) is 22.6 Å². The summed E-state index contributed by atoms with van der Waals surface area (Å²) in [5.41, 5.74) is 7.39. The fourth-order valence-electron chi connectivity index (χ4n) is 1.33. The molecular weight excluding hydrogens is 245 g/mol. The maximum atomic E-state index is 5.79. The van der Waals surface area contributed by atoms with Gasteiger partial charge in [0.1, 0.15) is 16.1 Å². The molecule has 0 saturated heterocycles. The maximum Gasteiger partial charge on any atom is 0.136 e. The molecule has 0 atom stereocenters. The fourth-order valence-corrected chi connectivity index (χ4v) is 1.79. The van der Waals surface area contributed by atoms with E-state index < -0.39 is 0 Å². The molecule has 2 aromatic rings. The van der Waals surface area contributed by atoms with Crippen LogP contribution in [0, 0.1) is 0 Å². The van der Waals surface area contributed by atoms with Crippen LogP contribution in [0.25, 0.3) is 0 Å². The summed E-state index contributed by atoms with van der Waals surface area (Å²) >= 11 is 11.6. The lowest BCUT2D eigenvalue weighted by molar-refractivity contribution is 0.969. The molecule has 2 rings (SSSR count). The minimum Gasteiger partial charge on any atom is -0.399 e. The number of benzene rings is 1. The Morgan fingerprint density at radius 3 is 2.12 bits per heavy atom. The predicted molar refractivity (Wildman–Crippen MR) is 65.7 cm³/mol. The van der Waals surface area contributed by atoms with Gasteiger partial charge in [0.25, 0.3) is 0 Å². The molecule has 0 aliphatic carbocycles. The Morgan fingerprint density at radius 1 is 1.00 bits per heavy atom. The number of rotatable bonds is 2. The van der Waals surface area contributed by atoms with E-state index in [9.17, 15) is 0 Å².